The Labute approximate surface area is 110 Å². The van der Waals surface area contributed by atoms with Crippen LogP contribution in [0.2, 0.25) is 0 Å². The number of hydrogen-bond acceptors (Lipinski definition) is 4. The Bertz CT molecular complexity index is 568. The quantitative estimate of drug-likeness (QED) is 0.605. The first-order valence-electron chi connectivity index (χ1n) is 6.07. The molecule has 1 heterocycles. The van der Waals surface area contributed by atoms with Gasteiger partial charge in [0, 0.05) is 37.1 Å². The van der Waals surface area contributed by atoms with Gasteiger partial charge in [0.1, 0.15) is 0 Å². The highest BCUT2D eigenvalue weighted by atomic mass is 16.6. The summed E-state index contributed by atoms with van der Waals surface area (Å²) in [5.41, 5.74) is 0.598. The van der Waals surface area contributed by atoms with Crippen molar-refractivity contribution in [1.29, 1.82) is 0 Å². The molecule has 6 heteroatoms. The first kappa shape index (κ1) is 13.2. The summed E-state index contributed by atoms with van der Waals surface area (Å²) in [4.78, 5) is 35.5. The van der Waals surface area contributed by atoms with E-state index in [1.807, 2.05) is 6.92 Å². The third kappa shape index (κ3) is 2.21. The summed E-state index contributed by atoms with van der Waals surface area (Å²) in [5.74, 6) is -0.308. The predicted molar refractivity (Wildman–Crippen MR) is 69.3 cm³/mol. The van der Waals surface area contributed by atoms with Crippen molar-refractivity contribution in [3.8, 4) is 0 Å². The minimum Gasteiger partial charge on any atom is -0.308 e. The van der Waals surface area contributed by atoms with E-state index in [1.165, 1.54) is 25.1 Å². The van der Waals surface area contributed by atoms with Gasteiger partial charge in [-0.25, -0.2) is 0 Å². The number of rotatable bonds is 2. The minimum atomic E-state index is -0.544. The van der Waals surface area contributed by atoms with Crippen LogP contribution in [0.5, 0.6) is 0 Å². The second-order valence-electron chi connectivity index (χ2n) is 4.54. The van der Waals surface area contributed by atoms with Crippen molar-refractivity contribution < 1.29 is 14.5 Å². The van der Waals surface area contributed by atoms with Gasteiger partial charge in [-0.3, -0.25) is 19.7 Å². The van der Waals surface area contributed by atoms with E-state index in [1.54, 1.807) is 4.90 Å². The molecule has 1 aromatic carbocycles. The smallest absolute Gasteiger partial charge is 0.270 e. The second kappa shape index (κ2) is 4.79. The number of benzene rings is 1. The Hall–Kier alpha value is -2.24. The summed E-state index contributed by atoms with van der Waals surface area (Å²) >= 11 is 0. The Morgan fingerprint density at radius 3 is 2.74 bits per heavy atom. The summed E-state index contributed by atoms with van der Waals surface area (Å²) in [7, 11) is 0. The van der Waals surface area contributed by atoms with Crippen LogP contribution in [-0.2, 0) is 4.79 Å². The number of nitro groups is 1. The van der Waals surface area contributed by atoms with Crippen LogP contribution in [0.3, 0.4) is 0 Å². The molecule has 19 heavy (non-hydrogen) atoms. The van der Waals surface area contributed by atoms with E-state index in [-0.39, 0.29) is 35.4 Å². The second-order valence-corrected chi connectivity index (χ2v) is 4.54. The van der Waals surface area contributed by atoms with Gasteiger partial charge >= 0.3 is 0 Å². The van der Waals surface area contributed by atoms with E-state index < -0.39 is 4.92 Å². The molecule has 1 aliphatic heterocycles. The van der Waals surface area contributed by atoms with Gasteiger partial charge in [0.15, 0.2) is 5.78 Å². The predicted octanol–water partition coefficient (Wildman–Crippen LogP) is 2.31. The van der Waals surface area contributed by atoms with Crippen LogP contribution in [0.4, 0.5) is 11.4 Å². The van der Waals surface area contributed by atoms with Gasteiger partial charge in [-0.2, -0.15) is 0 Å². The summed E-state index contributed by atoms with van der Waals surface area (Å²) in [5, 5.41) is 10.7. The number of ketones is 1. The van der Waals surface area contributed by atoms with E-state index in [9.17, 15) is 19.7 Å². The fourth-order valence-electron chi connectivity index (χ4n) is 2.44. The van der Waals surface area contributed by atoms with Crippen LogP contribution in [-0.4, -0.2) is 22.7 Å². The van der Waals surface area contributed by atoms with Crippen molar-refractivity contribution in [2.45, 2.75) is 32.7 Å². The van der Waals surface area contributed by atoms with Gasteiger partial charge in [0.25, 0.3) is 5.69 Å². The van der Waals surface area contributed by atoms with Crippen molar-refractivity contribution in [2.75, 3.05) is 4.90 Å². The molecule has 1 aliphatic rings. The lowest BCUT2D eigenvalue weighted by Crippen LogP contribution is -2.44. The molecule has 2 rings (SSSR count). The van der Waals surface area contributed by atoms with Gasteiger partial charge in [-0.05, 0) is 12.5 Å². The molecule has 0 spiro atoms. The summed E-state index contributed by atoms with van der Waals surface area (Å²) < 4.78 is 0. The van der Waals surface area contributed by atoms with E-state index in [2.05, 4.69) is 0 Å². The first-order valence-corrected chi connectivity index (χ1v) is 6.07. The van der Waals surface area contributed by atoms with Crippen LogP contribution in [0.1, 0.15) is 37.0 Å². The van der Waals surface area contributed by atoms with Gasteiger partial charge in [0.05, 0.1) is 10.6 Å². The lowest BCUT2D eigenvalue weighted by atomic mass is 9.92. The number of nitro benzene ring substituents is 1. The summed E-state index contributed by atoms with van der Waals surface area (Å²) in [6, 6.07) is 3.88. The van der Waals surface area contributed by atoms with Gasteiger partial charge in [0.2, 0.25) is 5.91 Å². The number of fused-ring (bicyclic) bond motifs is 1. The Morgan fingerprint density at radius 2 is 2.21 bits per heavy atom. The average Bonchev–Trinajstić information content (AvgIpc) is 2.37. The maximum atomic E-state index is 12.0. The molecule has 0 saturated heterocycles. The molecule has 1 aromatic rings. The highest BCUT2D eigenvalue weighted by molar-refractivity contribution is 6.09. The molecule has 0 N–H and O–H groups in total. The summed E-state index contributed by atoms with van der Waals surface area (Å²) in [6.45, 7) is 3.34. The number of nitrogens with zero attached hydrogens (tertiary/aromatic N) is 2. The van der Waals surface area contributed by atoms with Gasteiger partial charge in [-0.1, -0.05) is 6.92 Å². The van der Waals surface area contributed by atoms with E-state index in [0.717, 1.165) is 0 Å². The fraction of sp³-hybridized carbons (Fsp3) is 0.385. The monoisotopic (exact) mass is 262 g/mol. The highest BCUT2D eigenvalue weighted by Crippen LogP contribution is 2.34. The maximum absolute atomic E-state index is 12.0. The largest absolute Gasteiger partial charge is 0.308 e. The fourth-order valence-corrected chi connectivity index (χ4v) is 2.44. The molecule has 0 fully saturated rings. The van der Waals surface area contributed by atoms with Crippen molar-refractivity contribution in [3.63, 3.8) is 0 Å². The van der Waals surface area contributed by atoms with Crippen molar-refractivity contribution in [2.24, 2.45) is 0 Å². The van der Waals surface area contributed by atoms with Crippen molar-refractivity contribution in [3.05, 3.63) is 33.9 Å². The molecule has 1 atom stereocenters. The first-order chi connectivity index (χ1) is 8.95. The zero-order valence-electron chi connectivity index (χ0n) is 10.8. The van der Waals surface area contributed by atoms with Crippen LogP contribution < -0.4 is 4.90 Å². The zero-order valence-corrected chi connectivity index (χ0v) is 10.8. The normalized spacial score (nSPS) is 18.1. The topological polar surface area (TPSA) is 80.5 Å². The lowest BCUT2D eigenvalue weighted by Gasteiger charge is -2.35. The van der Waals surface area contributed by atoms with E-state index in [4.69, 9.17) is 0 Å². The number of carbonyl (C=O) groups is 2. The van der Waals surface area contributed by atoms with Crippen LogP contribution >= 0.6 is 0 Å². The number of hydrogen-bond donors (Lipinski definition) is 0. The highest BCUT2D eigenvalue weighted by Gasteiger charge is 2.33. The molecule has 0 bridgehead atoms. The number of non-ortho nitro benzene ring substituents is 1. The molecular formula is C13H14N2O4. The number of amides is 1. The van der Waals surface area contributed by atoms with Crippen molar-refractivity contribution in [1.82, 2.24) is 0 Å². The third-order valence-corrected chi connectivity index (χ3v) is 3.35. The van der Waals surface area contributed by atoms with Crippen LogP contribution in [0, 0.1) is 10.1 Å². The van der Waals surface area contributed by atoms with Crippen LogP contribution in [0.15, 0.2) is 18.2 Å². The van der Waals surface area contributed by atoms with E-state index in [0.29, 0.717) is 12.1 Å². The van der Waals surface area contributed by atoms with Crippen molar-refractivity contribution >= 4 is 23.1 Å². The SMILES string of the molecule is CCC1CC(=O)c2cc([N+](=O)[O-])ccc2N1C(C)=O. The molecular weight excluding hydrogens is 248 g/mol. The molecule has 100 valence electrons. The third-order valence-electron chi connectivity index (χ3n) is 3.35. The number of Topliss-reactive ketones (excluding diaryl/α,β-unsaturated/α-hetero) is 1. The van der Waals surface area contributed by atoms with E-state index >= 15 is 0 Å². The minimum absolute atomic E-state index is 0.134. The molecule has 1 unspecified atom stereocenters. The summed E-state index contributed by atoms with van der Waals surface area (Å²) in [6.07, 6.45) is 0.881. The zero-order chi connectivity index (χ0) is 14.2. The van der Waals surface area contributed by atoms with Crippen LogP contribution in [0.25, 0.3) is 0 Å². The van der Waals surface area contributed by atoms with Gasteiger partial charge in [-0.15, -0.1) is 0 Å². The Morgan fingerprint density at radius 1 is 1.53 bits per heavy atom. The average molecular weight is 262 g/mol. The molecule has 0 aromatic heterocycles. The molecule has 0 saturated carbocycles. The Kier molecular flexibility index (Phi) is 3.33. The molecule has 1 amide bonds. The number of carbonyl (C=O) groups excluding carboxylic acids is 2. The lowest BCUT2D eigenvalue weighted by molar-refractivity contribution is -0.384. The maximum Gasteiger partial charge on any atom is 0.270 e. The number of anilines is 1. The Balaban J connectivity index is 2.57. The van der Waals surface area contributed by atoms with Gasteiger partial charge < -0.3 is 4.90 Å². The standard InChI is InChI=1S/C13H14N2O4/c1-3-9-7-13(17)11-6-10(15(18)19)4-5-12(11)14(9)8(2)16/h4-6,9H,3,7H2,1-2H3. The molecule has 0 radical (unpaired) electrons. The molecule has 0 aliphatic carbocycles. The molecule has 6 nitrogen and oxygen atoms in total.